The first-order chi connectivity index (χ1) is 14.9. The number of carbonyl (C=O) groups is 1. The van der Waals surface area contributed by atoms with Crippen molar-refractivity contribution in [3.63, 3.8) is 0 Å². The summed E-state index contributed by atoms with van der Waals surface area (Å²) in [6, 6.07) is 7.85. The molecule has 0 aromatic heterocycles. The molecule has 1 amide bonds. The van der Waals surface area contributed by atoms with Crippen LogP contribution in [0.3, 0.4) is 0 Å². The zero-order valence-electron chi connectivity index (χ0n) is 18.2. The highest BCUT2D eigenvalue weighted by molar-refractivity contribution is 6.32. The second-order valence-corrected chi connectivity index (χ2v) is 7.01. The zero-order valence-corrected chi connectivity index (χ0v) is 18.9. The molecule has 0 aliphatic rings. The number of phenolic OH excluding ortho intramolecular Hbond substituents is 1. The third-order valence-electron chi connectivity index (χ3n) is 4.67. The normalized spacial score (nSPS) is 11.4. The Morgan fingerprint density at radius 1 is 1.19 bits per heavy atom. The lowest BCUT2D eigenvalue weighted by atomic mass is 10.1. The number of benzene rings is 2. The molecule has 7 nitrogen and oxygen atoms in total. The van der Waals surface area contributed by atoms with Crippen molar-refractivity contribution in [2.24, 2.45) is 5.10 Å². The van der Waals surface area contributed by atoms with Crippen LogP contribution in [0.5, 0.6) is 17.2 Å². The number of amides is 1. The fourth-order valence-corrected chi connectivity index (χ4v) is 3.08. The lowest BCUT2D eigenvalue weighted by Crippen LogP contribution is -2.22. The van der Waals surface area contributed by atoms with Gasteiger partial charge in [0.15, 0.2) is 11.5 Å². The molecule has 8 heteroatoms. The number of hydrazone groups is 1. The van der Waals surface area contributed by atoms with Gasteiger partial charge in [-0.2, -0.15) is 5.10 Å². The quantitative estimate of drug-likeness (QED) is 0.423. The van der Waals surface area contributed by atoms with Crippen molar-refractivity contribution in [1.29, 1.82) is 0 Å². The molecule has 0 spiro atoms. The lowest BCUT2D eigenvalue weighted by Gasteiger charge is -2.15. The van der Waals surface area contributed by atoms with Crippen LogP contribution in [-0.2, 0) is 0 Å². The minimum absolute atomic E-state index is 0.0892. The third-order valence-corrected chi connectivity index (χ3v) is 4.98. The third kappa shape index (κ3) is 6.73. The SMILES string of the molecule is CCN(CC)CC=Cc1cc(C=NNC(=O)c2ccc(O)c(Cl)c2)cc(OC)c1OC. The molecule has 0 aliphatic heterocycles. The number of aromatic hydroxyl groups is 1. The number of phenols is 1. The first-order valence-electron chi connectivity index (χ1n) is 9.90. The highest BCUT2D eigenvalue weighted by Crippen LogP contribution is 2.33. The molecular weight excluding hydrogens is 418 g/mol. The van der Waals surface area contributed by atoms with Crippen LogP contribution < -0.4 is 14.9 Å². The van der Waals surface area contributed by atoms with Crippen molar-refractivity contribution in [3.8, 4) is 17.2 Å². The number of nitrogens with zero attached hydrogens (tertiary/aromatic N) is 2. The van der Waals surface area contributed by atoms with E-state index in [1.165, 1.54) is 24.4 Å². The van der Waals surface area contributed by atoms with Gasteiger partial charge in [-0.3, -0.25) is 4.79 Å². The first kappa shape index (κ1) is 24.2. The fraction of sp³-hybridized carbons (Fsp3) is 0.304. The number of rotatable bonds is 10. The fourth-order valence-electron chi connectivity index (χ4n) is 2.90. The van der Waals surface area contributed by atoms with Crippen LogP contribution in [0.25, 0.3) is 6.08 Å². The van der Waals surface area contributed by atoms with Crippen molar-refractivity contribution in [2.75, 3.05) is 33.9 Å². The first-order valence-corrected chi connectivity index (χ1v) is 10.3. The molecule has 0 unspecified atom stereocenters. The second kappa shape index (κ2) is 12.0. The molecular formula is C23H28ClN3O4. The predicted molar refractivity (Wildman–Crippen MR) is 125 cm³/mol. The molecule has 2 aromatic rings. The number of hydrogen-bond acceptors (Lipinski definition) is 6. The Hall–Kier alpha value is -3.03. The van der Waals surface area contributed by atoms with Gasteiger partial charge in [-0.15, -0.1) is 0 Å². The maximum absolute atomic E-state index is 12.2. The maximum atomic E-state index is 12.2. The highest BCUT2D eigenvalue weighted by Gasteiger charge is 2.11. The standard InChI is InChI=1S/C23H28ClN3O4/c1-5-27(6-2)11-7-8-17-12-16(13-21(30-3)22(17)31-4)15-25-26-23(29)18-9-10-20(28)19(24)14-18/h7-10,12-15,28H,5-6,11H2,1-4H3,(H,26,29). The molecule has 0 saturated carbocycles. The van der Waals surface area contributed by atoms with Crippen LogP contribution >= 0.6 is 11.6 Å². The van der Waals surface area contributed by atoms with E-state index in [4.69, 9.17) is 21.1 Å². The molecule has 0 radical (unpaired) electrons. The van der Waals surface area contributed by atoms with E-state index in [2.05, 4.69) is 35.4 Å². The number of likely N-dealkylation sites (N-methyl/N-ethyl adjacent to an activating group) is 1. The summed E-state index contributed by atoms with van der Waals surface area (Å²) in [5.41, 5.74) is 4.30. The van der Waals surface area contributed by atoms with Gasteiger partial charge in [0, 0.05) is 17.7 Å². The van der Waals surface area contributed by atoms with Crippen molar-refractivity contribution in [1.82, 2.24) is 10.3 Å². The summed E-state index contributed by atoms with van der Waals surface area (Å²) in [6.45, 7) is 7.01. The number of hydrogen-bond donors (Lipinski definition) is 2. The molecule has 0 heterocycles. The summed E-state index contributed by atoms with van der Waals surface area (Å²) in [7, 11) is 3.16. The molecule has 31 heavy (non-hydrogen) atoms. The number of nitrogens with one attached hydrogen (secondary N) is 1. The van der Waals surface area contributed by atoms with E-state index in [1.807, 2.05) is 12.1 Å². The molecule has 2 aromatic carbocycles. The molecule has 0 fully saturated rings. The Kier molecular flexibility index (Phi) is 9.37. The molecule has 0 saturated heterocycles. The summed E-state index contributed by atoms with van der Waals surface area (Å²) in [6.07, 6.45) is 5.57. The van der Waals surface area contributed by atoms with E-state index < -0.39 is 5.91 Å². The van der Waals surface area contributed by atoms with E-state index in [0.29, 0.717) is 11.5 Å². The number of ether oxygens (including phenoxy) is 2. The molecule has 2 N–H and O–H groups in total. The van der Waals surface area contributed by atoms with E-state index in [-0.39, 0.29) is 16.3 Å². The smallest absolute Gasteiger partial charge is 0.271 e. The van der Waals surface area contributed by atoms with Gasteiger partial charge in [0.05, 0.1) is 25.5 Å². The van der Waals surface area contributed by atoms with Crippen molar-refractivity contribution in [2.45, 2.75) is 13.8 Å². The van der Waals surface area contributed by atoms with Crippen LogP contribution in [0.4, 0.5) is 0 Å². The zero-order chi connectivity index (χ0) is 22.8. The summed E-state index contributed by atoms with van der Waals surface area (Å²) < 4.78 is 11.0. The summed E-state index contributed by atoms with van der Waals surface area (Å²) in [5.74, 6) is 0.649. The van der Waals surface area contributed by atoms with Crippen LogP contribution in [0, 0.1) is 0 Å². The highest BCUT2D eigenvalue weighted by atomic mass is 35.5. The molecule has 0 aliphatic carbocycles. The summed E-state index contributed by atoms with van der Waals surface area (Å²) in [5, 5.41) is 13.6. The van der Waals surface area contributed by atoms with Crippen LogP contribution in [0.15, 0.2) is 41.5 Å². The minimum Gasteiger partial charge on any atom is -0.506 e. The Morgan fingerprint density at radius 2 is 1.94 bits per heavy atom. The van der Waals surface area contributed by atoms with Crippen LogP contribution in [0.1, 0.15) is 35.3 Å². The van der Waals surface area contributed by atoms with Gasteiger partial charge in [0.2, 0.25) is 0 Å². The number of methoxy groups -OCH3 is 2. The summed E-state index contributed by atoms with van der Waals surface area (Å²) >= 11 is 5.84. The Labute approximate surface area is 187 Å². The van der Waals surface area contributed by atoms with Gasteiger partial charge in [-0.1, -0.05) is 37.6 Å². The number of halogens is 1. The topological polar surface area (TPSA) is 83.4 Å². The maximum Gasteiger partial charge on any atom is 0.271 e. The van der Waals surface area contributed by atoms with Gasteiger partial charge < -0.3 is 19.5 Å². The van der Waals surface area contributed by atoms with Crippen LogP contribution in [0.2, 0.25) is 5.02 Å². The average molecular weight is 446 g/mol. The largest absolute Gasteiger partial charge is 0.506 e. The van der Waals surface area contributed by atoms with E-state index >= 15 is 0 Å². The van der Waals surface area contributed by atoms with Gasteiger partial charge >= 0.3 is 0 Å². The molecule has 0 bridgehead atoms. The molecule has 2 rings (SSSR count). The molecule has 166 valence electrons. The predicted octanol–water partition coefficient (Wildman–Crippen LogP) is 4.18. The Balaban J connectivity index is 2.20. The molecule has 0 atom stereocenters. The van der Waals surface area contributed by atoms with E-state index in [9.17, 15) is 9.90 Å². The van der Waals surface area contributed by atoms with Gasteiger partial charge in [0.25, 0.3) is 5.91 Å². The van der Waals surface area contributed by atoms with Gasteiger partial charge in [-0.05, 0) is 49.0 Å². The average Bonchev–Trinajstić information content (AvgIpc) is 2.78. The Morgan fingerprint density at radius 3 is 2.55 bits per heavy atom. The second-order valence-electron chi connectivity index (χ2n) is 6.60. The minimum atomic E-state index is -0.446. The van der Waals surface area contributed by atoms with Crippen molar-refractivity contribution < 1.29 is 19.4 Å². The van der Waals surface area contributed by atoms with Crippen LogP contribution in [-0.4, -0.2) is 56.0 Å². The van der Waals surface area contributed by atoms with E-state index in [0.717, 1.165) is 30.8 Å². The lowest BCUT2D eigenvalue weighted by molar-refractivity contribution is 0.0955. The van der Waals surface area contributed by atoms with Gasteiger partial charge in [-0.25, -0.2) is 5.43 Å². The summed E-state index contributed by atoms with van der Waals surface area (Å²) in [4.78, 5) is 14.5. The number of carbonyl (C=O) groups excluding carboxylic acids is 1. The van der Waals surface area contributed by atoms with E-state index in [1.54, 1.807) is 20.3 Å². The monoisotopic (exact) mass is 445 g/mol. The van der Waals surface area contributed by atoms with Gasteiger partial charge in [0.1, 0.15) is 5.75 Å². The van der Waals surface area contributed by atoms with Crippen molar-refractivity contribution in [3.05, 3.63) is 58.1 Å². The van der Waals surface area contributed by atoms with Crippen molar-refractivity contribution >= 4 is 29.8 Å². The Bertz CT molecular complexity index is 956.